The van der Waals surface area contributed by atoms with Crippen LogP contribution in [0, 0.1) is 0 Å². The van der Waals surface area contributed by atoms with Gasteiger partial charge in [0.25, 0.3) is 10.1 Å². The first kappa shape index (κ1) is 34.9. The summed E-state index contributed by atoms with van der Waals surface area (Å²) in [6.45, 7) is 4.67. The third-order valence-electron chi connectivity index (χ3n) is 6.48. The van der Waals surface area contributed by atoms with Gasteiger partial charge >= 0.3 is 11.9 Å². The molecular formula is C28H54O7S. The van der Waals surface area contributed by atoms with Crippen molar-refractivity contribution in [2.45, 2.75) is 154 Å². The van der Waals surface area contributed by atoms with Gasteiger partial charge in [-0.1, -0.05) is 129 Å². The summed E-state index contributed by atoms with van der Waals surface area (Å²) in [5, 5.41) is -1.93. The molecule has 0 aliphatic rings. The molecule has 0 aromatic carbocycles. The van der Waals surface area contributed by atoms with Crippen LogP contribution in [-0.2, 0) is 29.2 Å². The highest BCUT2D eigenvalue weighted by Crippen LogP contribution is 2.13. The largest absolute Gasteiger partial charge is 0.466 e. The molecule has 0 rings (SSSR count). The van der Waals surface area contributed by atoms with Gasteiger partial charge in [0.2, 0.25) is 0 Å². The minimum atomic E-state index is -4.75. The smallest absolute Gasteiger partial charge is 0.327 e. The summed E-state index contributed by atoms with van der Waals surface area (Å²) in [7, 11) is -4.75. The molecule has 0 saturated heterocycles. The van der Waals surface area contributed by atoms with E-state index >= 15 is 0 Å². The molecule has 214 valence electrons. The van der Waals surface area contributed by atoms with E-state index in [0.29, 0.717) is 12.8 Å². The van der Waals surface area contributed by atoms with E-state index < -0.39 is 33.7 Å². The average molecular weight is 535 g/mol. The van der Waals surface area contributed by atoms with Gasteiger partial charge in [-0.3, -0.25) is 14.1 Å². The van der Waals surface area contributed by atoms with E-state index in [9.17, 15) is 22.6 Å². The average Bonchev–Trinajstić information content (AvgIpc) is 2.83. The van der Waals surface area contributed by atoms with Crippen LogP contribution in [0.3, 0.4) is 0 Å². The Morgan fingerprint density at radius 1 is 0.583 bits per heavy atom. The van der Waals surface area contributed by atoms with Crippen molar-refractivity contribution in [1.82, 2.24) is 0 Å². The van der Waals surface area contributed by atoms with E-state index in [0.717, 1.165) is 38.5 Å². The Bertz CT molecular complexity index is 634. The summed E-state index contributed by atoms with van der Waals surface area (Å²) in [5.41, 5.74) is 0. The van der Waals surface area contributed by atoms with Crippen LogP contribution >= 0.6 is 0 Å². The monoisotopic (exact) mass is 534 g/mol. The Balaban J connectivity index is 3.92. The number of ether oxygens (including phenoxy) is 2. The van der Waals surface area contributed by atoms with E-state index in [-0.39, 0.29) is 13.2 Å². The SMILES string of the molecule is CCCCCCCCCCCCOC(=O)C[C@H](C(=O)OCCCCCCCCCCCC)S(=O)(=O)O. The molecule has 7 nitrogen and oxygen atoms in total. The fourth-order valence-electron chi connectivity index (χ4n) is 4.15. The van der Waals surface area contributed by atoms with Crippen molar-refractivity contribution in [2.75, 3.05) is 13.2 Å². The second-order valence-electron chi connectivity index (χ2n) is 9.96. The van der Waals surface area contributed by atoms with Gasteiger partial charge in [-0.15, -0.1) is 0 Å². The number of hydrogen-bond acceptors (Lipinski definition) is 6. The number of carbonyl (C=O) groups excluding carboxylic acids is 2. The predicted octanol–water partition coefficient (Wildman–Crippen LogP) is 7.56. The van der Waals surface area contributed by atoms with E-state index in [1.54, 1.807) is 0 Å². The molecule has 36 heavy (non-hydrogen) atoms. The van der Waals surface area contributed by atoms with Crippen LogP contribution in [0.2, 0.25) is 0 Å². The van der Waals surface area contributed by atoms with Crippen molar-refractivity contribution in [2.24, 2.45) is 0 Å². The Kier molecular flexibility index (Phi) is 23.4. The Morgan fingerprint density at radius 3 is 1.28 bits per heavy atom. The molecule has 0 amide bonds. The fraction of sp³-hybridized carbons (Fsp3) is 0.929. The van der Waals surface area contributed by atoms with E-state index in [1.807, 2.05) is 0 Å². The van der Waals surface area contributed by atoms with Crippen molar-refractivity contribution in [3.8, 4) is 0 Å². The Labute approximate surface area is 221 Å². The molecule has 0 bridgehead atoms. The zero-order valence-corrected chi connectivity index (χ0v) is 24.0. The summed E-state index contributed by atoms with van der Waals surface area (Å²) in [5.74, 6) is -1.91. The summed E-state index contributed by atoms with van der Waals surface area (Å²) < 4.78 is 42.7. The molecule has 1 N–H and O–H groups in total. The van der Waals surface area contributed by atoms with E-state index in [1.165, 1.54) is 77.0 Å². The highest BCUT2D eigenvalue weighted by molar-refractivity contribution is 7.87. The van der Waals surface area contributed by atoms with Gasteiger partial charge < -0.3 is 9.47 Å². The van der Waals surface area contributed by atoms with Gasteiger partial charge in [0.15, 0.2) is 5.25 Å². The lowest BCUT2D eigenvalue weighted by Gasteiger charge is -2.13. The second-order valence-corrected chi connectivity index (χ2v) is 11.6. The van der Waals surface area contributed by atoms with Gasteiger partial charge in [0.05, 0.1) is 19.6 Å². The highest BCUT2D eigenvalue weighted by atomic mass is 32.2. The maximum absolute atomic E-state index is 12.2. The Hall–Kier alpha value is -1.15. The van der Waals surface area contributed by atoms with Crippen molar-refractivity contribution in [1.29, 1.82) is 0 Å². The van der Waals surface area contributed by atoms with Crippen LogP contribution in [0.25, 0.3) is 0 Å². The number of esters is 2. The third kappa shape index (κ3) is 22.1. The lowest BCUT2D eigenvalue weighted by molar-refractivity contribution is -0.150. The molecule has 0 spiro atoms. The van der Waals surface area contributed by atoms with E-state index in [4.69, 9.17) is 9.47 Å². The standard InChI is InChI=1S/C28H54O7S/c1-3-5-7-9-11-13-15-17-19-21-23-34-27(29)25-26(36(31,32)33)28(30)35-24-22-20-18-16-14-12-10-8-6-4-2/h26H,3-25H2,1-2H3,(H,31,32,33)/t26-/m1/s1. The first-order valence-corrected chi connectivity index (χ1v) is 16.1. The van der Waals surface area contributed by atoms with E-state index in [2.05, 4.69) is 13.8 Å². The number of rotatable bonds is 26. The molecular weight excluding hydrogens is 480 g/mol. The predicted molar refractivity (Wildman–Crippen MR) is 146 cm³/mol. The zero-order chi connectivity index (χ0) is 26.9. The molecule has 0 aliphatic heterocycles. The third-order valence-corrected chi connectivity index (χ3v) is 7.56. The van der Waals surface area contributed by atoms with Gasteiger partial charge in [-0.25, -0.2) is 0 Å². The van der Waals surface area contributed by atoms with Crippen molar-refractivity contribution in [3.63, 3.8) is 0 Å². The molecule has 0 unspecified atom stereocenters. The molecule has 0 aromatic heterocycles. The van der Waals surface area contributed by atoms with Crippen LogP contribution in [0.4, 0.5) is 0 Å². The minimum absolute atomic E-state index is 0.0784. The molecule has 8 heteroatoms. The van der Waals surface area contributed by atoms with Crippen LogP contribution < -0.4 is 0 Å². The van der Waals surface area contributed by atoms with Crippen molar-refractivity contribution >= 4 is 22.1 Å². The topological polar surface area (TPSA) is 107 Å². The molecule has 0 fully saturated rings. The zero-order valence-electron chi connectivity index (χ0n) is 23.1. The van der Waals surface area contributed by atoms with Crippen molar-refractivity contribution < 1.29 is 32.0 Å². The maximum Gasteiger partial charge on any atom is 0.327 e. The number of unbranched alkanes of at least 4 members (excludes halogenated alkanes) is 18. The highest BCUT2D eigenvalue weighted by Gasteiger charge is 2.35. The second kappa shape index (κ2) is 24.2. The molecule has 0 heterocycles. The van der Waals surface area contributed by atoms with Gasteiger partial charge in [-0.2, -0.15) is 8.42 Å². The summed E-state index contributed by atoms with van der Waals surface area (Å²) >= 11 is 0. The maximum atomic E-state index is 12.2. The summed E-state index contributed by atoms with van der Waals surface area (Å²) in [6.07, 6.45) is 22.1. The van der Waals surface area contributed by atoms with Crippen molar-refractivity contribution in [3.05, 3.63) is 0 Å². The normalized spacial score (nSPS) is 12.4. The molecule has 1 atom stereocenters. The number of hydrogen-bond donors (Lipinski definition) is 1. The van der Waals surface area contributed by atoms with Crippen LogP contribution in [-0.4, -0.2) is 43.4 Å². The molecule has 0 radical (unpaired) electrons. The van der Waals surface area contributed by atoms with Crippen LogP contribution in [0.5, 0.6) is 0 Å². The number of carbonyl (C=O) groups is 2. The minimum Gasteiger partial charge on any atom is -0.466 e. The molecule has 0 aromatic rings. The fourth-order valence-corrected chi connectivity index (χ4v) is 4.81. The lowest BCUT2D eigenvalue weighted by Crippen LogP contribution is -2.34. The lowest BCUT2D eigenvalue weighted by atomic mass is 10.1. The quantitative estimate of drug-likeness (QED) is 0.0693. The van der Waals surface area contributed by atoms with Crippen LogP contribution in [0.1, 0.15) is 149 Å². The Morgan fingerprint density at radius 2 is 0.917 bits per heavy atom. The van der Waals surface area contributed by atoms with Crippen LogP contribution in [0.15, 0.2) is 0 Å². The van der Waals surface area contributed by atoms with Gasteiger partial charge in [0.1, 0.15) is 0 Å². The summed E-state index contributed by atoms with van der Waals surface area (Å²) in [6, 6.07) is 0. The molecule has 0 aliphatic carbocycles. The summed E-state index contributed by atoms with van der Waals surface area (Å²) in [4.78, 5) is 24.2. The first-order valence-electron chi connectivity index (χ1n) is 14.6. The van der Waals surface area contributed by atoms with Gasteiger partial charge in [-0.05, 0) is 12.8 Å². The first-order chi connectivity index (χ1) is 17.3. The molecule has 0 saturated carbocycles. The van der Waals surface area contributed by atoms with Gasteiger partial charge in [0, 0.05) is 0 Å².